The Hall–Kier alpha value is -1.14. The molecule has 0 aliphatic rings. The molecule has 0 fully saturated rings. The molecule has 0 bridgehead atoms. The Morgan fingerprint density at radius 3 is 2.70 bits per heavy atom. The molecular formula is C13H17Cl2N5. The molecule has 2 aromatic heterocycles. The predicted molar refractivity (Wildman–Crippen MR) is 80.6 cm³/mol. The highest BCUT2D eigenvalue weighted by Gasteiger charge is 2.18. The molecule has 0 aromatic carbocycles. The molecule has 3 N–H and O–H groups in total. The Balaban J connectivity index is 2.26. The second-order valence-electron chi connectivity index (χ2n) is 4.55. The van der Waals surface area contributed by atoms with E-state index in [-0.39, 0.29) is 6.04 Å². The molecule has 1 unspecified atom stereocenters. The standard InChI is InChI=1S/C13H17Cl2N5/c1-3-9-5-10(20(2)19-9)6-12(18-16)13-11(15)4-8(14)7-17-13/h4-5,7,12,18H,3,6,16H2,1-2H3. The van der Waals surface area contributed by atoms with E-state index in [1.165, 1.54) is 0 Å². The number of hydrogen-bond donors (Lipinski definition) is 2. The van der Waals surface area contributed by atoms with Gasteiger partial charge in [-0.3, -0.25) is 20.9 Å². The second kappa shape index (κ2) is 6.54. The zero-order chi connectivity index (χ0) is 14.7. The molecule has 0 spiro atoms. The maximum atomic E-state index is 6.18. The van der Waals surface area contributed by atoms with Gasteiger partial charge in [0, 0.05) is 25.4 Å². The quantitative estimate of drug-likeness (QED) is 0.657. The number of nitrogens with zero attached hydrogens (tertiary/aromatic N) is 3. The van der Waals surface area contributed by atoms with Crippen LogP contribution in [0.5, 0.6) is 0 Å². The molecule has 0 radical (unpaired) electrons. The Kier molecular flexibility index (Phi) is 4.99. The van der Waals surface area contributed by atoms with Crippen LogP contribution in [0.3, 0.4) is 0 Å². The van der Waals surface area contributed by atoms with Crippen LogP contribution in [-0.2, 0) is 19.9 Å². The normalized spacial score (nSPS) is 12.7. The van der Waals surface area contributed by atoms with E-state index in [9.17, 15) is 0 Å². The summed E-state index contributed by atoms with van der Waals surface area (Å²) in [6.45, 7) is 2.07. The van der Waals surface area contributed by atoms with Crippen molar-refractivity contribution < 1.29 is 0 Å². The maximum Gasteiger partial charge on any atom is 0.0777 e. The van der Waals surface area contributed by atoms with Crippen LogP contribution in [0.1, 0.15) is 30.0 Å². The number of aryl methyl sites for hydroxylation is 2. The summed E-state index contributed by atoms with van der Waals surface area (Å²) < 4.78 is 1.85. The van der Waals surface area contributed by atoms with Crippen molar-refractivity contribution in [1.82, 2.24) is 20.2 Å². The third kappa shape index (κ3) is 3.30. The summed E-state index contributed by atoms with van der Waals surface area (Å²) in [6.07, 6.45) is 3.11. The molecule has 2 rings (SSSR count). The lowest BCUT2D eigenvalue weighted by atomic mass is 10.1. The average molecular weight is 314 g/mol. The minimum Gasteiger partial charge on any atom is -0.272 e. The molecule has 0 saturated heterocycles. The van der Waals surface area contributed by atoms with Gasteiger partial charge in [-0.2, -0.15) is 5.10 Å². The van der Waals surface area contributed by atoms with Gasteiger partial charge in [0.2, 0.25) is 0 Å². The van der Waals surface area contributed by atoms with Crippen LogP contribution in [-0.4, -0.2) is 14.8 Å². The molecule has 1 atom stereocenters. The van der Waals surface area contributed by atoms with Crippen LogP contribution in [0.25, 0.3) is 0 Å². The smallest absolute Gasteiger partial charge is 0.0777 e. The monoisotopic (exact) mass is 313 g/mol. The predicted octanol–water partition coefficient (Wildman–Crippen LogP) is 2.43. The van der Waals surface area contributed by atoms with Gasteiger partial charge in [-0.05, 0) is 18.6 Å². The fourth-order valence-corrected chi connectivity index (χ4v) is 2.57. The largest absolute Gasteiger partial charge is 0.272 e. The van der Waals surface area contributed by atoms with E-state index >= 15 is 0 Å². The molecule has 0 aliphatic heterocycles. The highest BCUT2D eigenvalue weighted by molar-refractivity contribution is 6.34. The number of hydrazine groups is 1. The van der Waals surface area contributed by atoms with Gasteiger partial charge in [0.25, 0.3) is 0 Å². The summed E-state index contributed by atoms with van der Waals surface area (Å²) in [7, 11) is 1.92. The SMILES string of the molecule is CCc1cc(CC(NN)c2ncc(Cl)cc2Cl)n(C)n1. The summed E-state index contributed by atoms with van der Waals surface area (Å²) in [5.41, 5.74) is 5.55. The van der Waals surface area contributed by atoms with Crippen molar-refractivity contribution in [2.75, 3.05) is 0 Å². The van der Waals surface area contributed by atoms with Gasteiger partial charge in [-0.25, -0.2) is 0 Å². The van der Waals surface area contributed by atoms with Crippen molar-refractivity contribution in [1.29, 1.82) is 0 Å². The van der Waals surface area contributed by atoms with Crippen LogP contribution in [0.4, 0.5) is 0 Å². The lowest BCUT2D eigenvalue weighted by Gasteiger charge is -2.16. The van der Waals surface area contributed by atoms with Crippen molar-refractivity contribution in [3.63, 3.8) is 0 Å². The van der Waals surface area contributed by atoms with Crippen LogP contribution < -0.4 is 11.3 Å². The summed E-state index contributed by atoms with van der Waals surface area (Å²) in [5, 5.41) is 5.42. The van der Waals surface area contributed by atoms with E-state index in [1.807, 2.05) is 11.7 Å². The van der Waals surface area contributed by atoms with Gasteiger partial charge in [-0.15, -0.1) is 0 Å². The Morgan fingerprint density at radius 2 is 2.15 bits per heavy atom. The lowest BCUT2D eigenvalue weighted by molar-refractivity contribution is 0.518. The van der Waals surface area contributed by atoms with E-state index in [0.29, 0.717) is 22.2 Å². The number of rotatable bonds is 5. The Labute approximate surface area is 128 Å². The zero-order valence-electron chi connectivity index (χ0n) is 11.4. The molecule has 0 saturated carbocycles. The molecule has 2 heterocycles. The van der Waals surface area contributed by atoms with Crippen molar-refractivity contribution >= 4 is 23.2 Å². The van der Waals surface area contributed by atoms with Crippen molar-refractivity contribution in [2.24, 2.45) is 12.9 Å². The lowest BCUT2D eigenvalue weighted by Crippen LogP contribution is -2.31. The minimum atomic E-state index is -0.195. The highest BCUT2D eigenvalue weighted by atomic mass is 35.5. The summed E-state index contributed by atoms with van der Waals surface area (Å²) in [4.78, 5) is 4.27. The third-order valence-electron chi connectivity index (χ3n) is 3.17. The first-order valence-electron chi connectivity index (χ1n) is 6.34. The highest BCUT2D eigenvalue weighted by Crippen LogP contribution is 2.25. The van der Waals surface area contributed by atoms with E-state index in [2.05, 4.69) is 28.5 Å². The molecule has 0 aliphatic carbocycles. The third-order valence-corrected chi connectivity index (χ3v) is 3.68. The van der Waals surface area contributed by atoms with E-state index in [1.54, 1.807) is 12.3 Å². The first kappa shape index (κ1) is 15.3. The zero-order valence-corrected chi connectivity index (χ0v) is 12.9. The second-order valence-corrected chi connectivity index (χ2v) is 5.39. The molecule has 5 nitrogen and oxygen atoms in total. The number of hydrogen-bond acceptors (Lipinski definition) is 4. The first-order valence-corrected chi connectivity index (χ1v) is 7.09. The minimum absolute atomic E-state index is 0.195. The molecule has 108 valence electrons. The Bertz CT molecular complexity index is 596. The van der Waals surface area contributed by atoms with Crippen LogP contribution in [0.2, 0.25) is 10.0 Å². The number of nitrogens with one attached hydrogen (secondary N) is 1. The van der Waals surface area contributed by atoms with Crippen LogP contribution >= 0.6 is 23.2 Å². The van der Waals surface area contributed by atoms with E-state index < -0.39 is 0 Å². The number of halogens is 2. The van der Waals surface area contributed by atoms with Crippen molar-refractivity contribution in [2.45, 2.75) is 25.8 Å². The number of pyridine rings is 1. The average Bonchev–Trinajstić information content (AvgIpc) is 2.77. The topological polar surface area (TPSA) is 68.8 Å². The van der Waals surface area contributed by atoms with Gasteiger partial charge < -0.3 is 0 Å². The van der Waals surface area contributed by atoms with Crippen molar-refractivity contribution in [3.8, 4) is 0 Å². The van der Waals surface area contributed by atoms with Gasteiger partial charge in [-0.1, -0.05) is 30.1 Å². The molecule has 2 aromatic rings. The van der Waals surface area contributed by atoms with Gasteiger partial charge in [0.1, 0.15) is 0 Å². The molecular weight excluding hydrogens is 297 g/mol. The fraction of sp³-hybridized carbons (Fsp3) is 0.385. The van der Waals surface area contributed by atoms with Crippen LogP contribution in [0, 0.1) is 0 Å². The first-order chi connectivity index (χ1) is 9.55. The number of aromatic nitrogens is 3. The van der Waals surface area contributed by atoms with E-state index in [0.717, 1.165) is 17.8 Å². The van der Waals surface area contributed by atoms with Crippen LogP contribution in [0.15, 0.2) is 18.3 Å². The fourth-order valence-electron chi connectivity index (χ4n) is 2.06. The van der Waals surface area contributed by atoms with Gasteiger partial charge >= 0.3 is 0 Å². The van der Waals surface area contributed by atoms with Gasteiger partial charge in [0.15, 0.2) is 0 Å². The number of nitrogens with two attached hydrogens (primary N) is 1. The van der Waals surface area contributed by atoms with Crippen molar-refractivity contribution in [3.05, 3.63) is 45.5 Å². The maximum absolute atomic E-state index is 6.18. The Morgan fingerprint density at radius 1 is 1.40 bits per heavy atom. The summed E-state index contributed by atoms with van der Waals surface area (Å²) in [6, 6.07) is 3.53. The molecule has 7 heteroatoms. The molecule has 0 amide bonds. The summed E-state index contributed by atoms with van der Waals surface area (Å²) >= 11 is 12.0. The van der Waals surface area contributed by atoms with E-state index in [4.69, 9.17) is 29.0 Å². The van der Waals surface area contributed by atoms with Gasteiger partial charge in [0.05, 0.1) is 27.5 Å². The summed E-state index contributed by atoms with van der Waals surface area (Å²) in [5.74, 6) is 5.64. The molecule has 20 heavy (non-hydrogen) atoms.